The lowest BCUT2D eigenvalue weighted by atomic mass is 10.2. The summed E-state index contributed by atoms with van der Waals surface area (Å²) in [5, 5.41) is 0. The van der Waals surface area contributed by atoms with Crippen molar-refractivity contribution in [2.45, 2.75) is 12.6 Å². The zero-order valence-electron chi connectivity index (χ0n) is 7.34. The molecular weight excluding hydrogens is 249 g/mol. The Labute approximate surface area is 93.2 Å². The molecule has 0 saturated carbocycles. The molecule has 0 aromatic carbocycles. The highest BCUT2D eigenvalue weighted by Gasteiger charge is 2.24. The summed E-state index contributed by atoms with van der Waals surface area (Å²) in [6.07, 6.45) is -3.66. The smallest absolute Gasteiger partial charge is 0.288 e. The predicted molar refractivity (Wildman–Crippen MR) is 53.5 cm³/mol. The summed E-state index contributed by atoms with van der Waals surface area (Å²) in [5.74, 6) is -0.462. The van der Waals surface area contributed by atoms with Crippen LogP contribution in [0.5, 0.6) is 0 Å². The van der Waals surface area contributed by atoms with Gasteiger partial charge in [0.1, 0.15) is 0 Å². The lowest BCUT2D eigenvalue weighted by Gasteiger charge is -1.99. The predicted octanol–water partition coefficient (Wildman–Crippen LogP) is 4.09. The first-order chi connectivity index (χ1) is 6.88. The maximum atomic E-state index is 11.7. The van der Waals surface area contributed by atoms with Gasteiger partial charge in [0.15, 0.2) is 5.78 Å². The van der Waals surface area contributed by atoms with E-state index in [1.165, 1.54) is 12.1 Å². The Kier molecular flexibility index (Phi) is 3.93. The molecule has 6 heteroatoms. The first-order valence-electron chi connectivity index (χ1n) is 3.91. The van der Waals surface area contributed by atoms with E-state index >= 15 is 0 Å². The third-order valence-electron chi connectivity index (χ3n) is 1.43. The van der Waals surface area contributed by atoms with E-state index in [1.807, 2.05) is 0 Å². The van der Waals surface area contributed by atoms with Gasteiger partial charge in [0.25, 0.3) is 0 Å². The van der Waals surface area contributed by atoms with E-state index in [2.05, 4.69) is 0 Å². The summed E-state index contributed by atoms with van der Waals surface area (Å²) in [4.78, 5) is 11.6. The standard InChI is InChI=1S/C9H6ClF3OS/c10-8-4-3-7(15-8)6(14)2-1-5-9(11,12)13/h1-4H,5H2/b2-1+. The lowest BCUT2D eigenvalue weighted by molar-refractivity contribution is -0.125. The second kappa shape index (κ2) is 4.81. The molecule has 1 rings (SSSR count). The van der Waals surface area contributed by atoms with Gasteiger partial charge in [-0.25, -0.2) is 0 Å². The molecule has 0 saturated heterocycles. The molecule has 0 spiro atoms. The number of carbonyl (C=O) groups is 1. The molecule has 0 aliphatic carbocycles. The largest absolute Gasteiger partial charge is 0.392 e. The summed E-state index contributed by atoms with van der Waals surface area (Å²) >= 11 is 6.61. The molecule has 1 nitrogen and oxygen atoms in total. The van der Waals surface area contributed by atoms with Gasteiger partial charge in [0, 0.05) is 0 Å². The Balaban J connectivity index is 2.57. The molecule has 0 amide bonds. The van der Waals surface area contributed by atoms with Gasteiger partial charge < -0.3 is 0 Å². The fraction of sp³-hybridized carbons (Fsp3) is 0.222. The van der Waals surface area contributed by atoms with Crippen LogP contribution in [0.3, 0.4) is 0 Å². The minimum atomic E-state index is -4.27. The molecule has 0 unspecified atom stereocenters. The topological polar surface area (TPSA) is 17.1 Å². The van der Waals surface area contributed by atoms with Crippen molar-refractivity contribution < 1.29 is 18.0 Å². The number of hydrogen-bond donors (Lipinski definition) is 0. The Morgan fingerprint density at radius 2 is 2.13 bits per heavy atom. The second-order valence-corrected chi connectivity index (χ2v) is 4.40. The zero-order valence-corrected chi connectivity index (χ0v) is 8.92. The van der Waals surface area contributed by atoms with Crippen LogP contribution < -0.4 is 0 Å². The van der Waals surface area contributed by atoms with Crippen LogP contribution in [0.1, 0.15) is 16.1 Å². The molecule has 0 fully saturated rings. The molecule has 15 heavy (non-hydrogen) atoms. The van der Waals surface area contributed by atoms with Crippen molar-refractivity contribution in [3.8, 4) is 0 Å². The van der Waals surface area contributed by atoms with Crippen LogP contribution in [0.2, 0.25) is 4.34 Å². The van der Waals surface area contributed by atoms with Crippen molar-refractivity contribution in [1.82, 2.24) is 0 Å². The van der Waals surface area contributed by atoms with Crippen molar-refractivity contribution in [3.63, 3.8) is 0 Å². The van der Waals surface area contributed by atoms with Crippen LogP contribution >= 0.6 is 22.9 Å². The Bertz CT molecular complexity index is 381. The van der Waals surface area contributed by atoms with Gasteiger partial charge in [-0.3, -0.25) is 4.79 Å². The van der Waals surface area contributed by atoms with Crippen molar-refractivity contribution in [2.75, 3.05) is 0 Å². The van der Waals surface area contributed by atoms with Crippen molar-refractivity contribution >= 4 is 28.7 Å². The van der Waals surface area contributed by atoms with Crippen molar-refractivity contribution in [2.24, 2.45) is 0 Å². The molecule has 1 aromatic rings. The zero-order chi connectivity index (χ0) is 11.5. The Hall–Kier alpha value is -0.810. The van der Waals surface area contributed by atoms with E-state index in [-0.39, 0.29) is 0 Å². The average molecular weight is 255 g/mol. The van der Waals surface area contributed by atoms with Crippen LogP contribution in [0.25, 0.3) is 0 Å². The normalized spacial score (nSPS) is 12.3. The van der Waals surface area contributed by atoms with Crippen LogP contribution in [0.15, 0.2) is 24.3 Å². The van der Waals surface area contributed by atoms with Crippen LogP contribution in [0, 0.1) is 0 Å². The fourth-order valence-electron chi connectivity index (χ4n) is 0.828. The van der Waals surface area contributed by atoms with E-state index in [9.17, 15) is 18.0 Å². The second-order valence-electron chi connectivity index (χ2n) is 2.69. The molecule has 0 aliphatic heterocycles. The number of rotatable bonds is 3. The number of thiophene rings is 1. The summed E-state index contributed by atoms with van der Waals surface area (Å²) in [6.45, 7) is 0. The Morgan fingerprint density at radius 3 is 2.60 bits per heavy atom. The summed E-state index contributed by atoms with van der Waals surface area (Å²) in [6, 6.07) is 3.00. The fourth-order valence-corrected chi connectivity index (χ4v) is 1.79. The monoisotopic (exact) mass is 254 g/mol. The summed E-state index contributed by atoms with van der Waals surface area (Å²) in [7, 11) is 0. The first kappa shape index (κ1) is 12.3. The van der Waals surface area contributed by atoms with E-state index in [0.29, 0.717) is 9.21 Å². The third kappa shape index (κ3) is 4.48. The van der Waals surface area contributed by atoms with E-state index in [4.69, 9.17) is 11.6 Å². The van der Waals surface area contributed by atoms with Crippen LogP contribution in [-0.2, 0) is 0 Å². The molecule has 1 heterocycles. The molecule has 82 valence electrons. The molecule has 0 atom stereocenters. The molecule has 1 aromatic heterocycles. The number of ketones is 1. The van der Waals surface area contributed by atoms with Crippen molar-refractivity contribution in [3.05, 3.63) is 33.5 Å². The molecule has 0 N–H and O–H groups in total. The van der Waals surface area contributed by atoms with Crippen LogP contribution in [-0.4, -0.2) is 12.0 Å². The molecule has 0 radical (unpaired) electrons. The van der Waals surface area contributed by atoms with Gasteiger partial charge in [-0.2, -0.15) is 13.2 Å². The highest BCUT2D eigenvalue weighted by molar-refractivity contribution is 7.18. The SMILES string of the molecule is O=C(/C=C/CC(F)(F)F)c1ccc(Cl)s1. The van der Waals surface area contributed by atoms with Gasteiger partial charge in [-0.15, -0.1) is 11.3 Å². The lowest BCUT2D eigenvalue weighted by Crippen LogP contribution is -2.04. The number of hydrogen-bond acceptors (Lipinski definition) is 2. The maximum absolute atomic E-state index is 11.7. The highest BCUT2D eigenvalue weighted by atomic mass is 35.5. The third-order valence-corrected chi connectivity index (χ3v) is 2.68. The number of halogens is 4. The van der Waals surface area contributed by atoms with Gasteiger partial charge in [-0.05, 0) is 18.2 Å². The minimum Gasteiger partial charge on any atom is -0.288 e. The van der Waals surface area contributed by atoms with Gasteiger partial charge >= 0.3 is 6.18 Å². The quantitative estimate of drug-likeness (QED) is 0.586. The molecule has 0 bridgehead atoms. The highest BCUT2D eigenvalue weighted by Crippen LogP contribution is 2.23. The summed E-state index contributed by atoms with van der Waals surface area (Å²) < 4.78 is 35.6. The van der Waals surface area contributed by atoms with E-state index in [1.54, 1.807) is 0 Å². The van der Waals surface area contributed by atoms with Gasteiger partial charge in [-0.1, -0.05) is 17.7 Å². The molecule has 0 aliphatic rings. The first-order valence-corrected chi connectivity index (χ1v) is 5.11. The van der Waals surface area contributed by atoms with Crippen LogP contribution in [0.4, 0.5) is 13.2 Å². The van der Waals surface area contributed by atoms with E-state index < -0.39 is 18.4 Å². The minimum absolute atomic E-state index is 0.332. The van der Waals surface area contributed by atoms with Crippen molar-refractivity contribution in [1.29, 1.82) is 0 Å². The van der Waals surface area contributed by atoms with E-state index in [0.717, 1.165) is 23.5 Å². The summed E-state index contributed by atoms with van der Waals surface area (Å²) in [5.41, 5.74) is 0. The van der Waals surface area contributed by atoms with Gasteiger partial charge in [0.05, 0.1) is 15.6 Å². The molecular formula is C9H6ClF3OS. The number of carbonyl (C=O) groups excluding carboxylic acids is 1. The number of allylic oxidation sites excluding steroid dienone is 2. The maximum Gasteiger partial charge on any atom is 0.392 e. The average Bonchev–Trinajstić information content (AvgIpc) is 2.49. The Morgan fingerprint density at radius 1 is 1.47 bits per heavy atom. The van der Waals surface area contributed by atoms with Gasteiger partial charge in [0.2, 0.25) is 0 Å². The number of alkyl halides is 3.